The number of hydrogen-bond acceptors (Lipinski definition) is 4. The van der Waals surface area contributed by atoms with Crippen LogP contribution in [0, 0.1) is 0 Å². The van der Waals surface area contributed by atoms with Crippen molar-refractivity contribution in [2.24, 2.45) is 0 Å². The maximum absolute atomic E-state index is 12.6. The summed E-state index contributed by atoms with van der Waals surface area (Å²) in [4.78, 5) is 17.0. The second kappa shape index (κ2) is 8.79. The molecule has 0 aliphatic carbocycles. The molecule has 138 valence electrons. The molecule has 2 aliphatic heterocycles. The summed E-state index contributed by atoms with van der Waals surface area (Å²) in [5, 5.41) is 0. The van der Waals surface area contributed by atoms with Crippen LogP contribution in [-0.2, 0) is 20.9 Å². The molecule has 1 aromatic carbocycles. The van der Waals surface area contributed by atoms with Crippen molar-refractivity contribution in [3.05, 3.63) is 35.9 Å². The van der Waals surface area contributed by atoms with E-state index >= 15 is 0 Å². The van der Waals surface area contributed by atoms with Crippen LogP contribution >= 0.6 is 0 Å². The van der Waals surface area contributed by atoms with Crippen LogP contribution in [-0.4, -0.2) is 66.7 Å². The number of rotatable bonds is 6. The molecule has 3 atom stereocenters. The molecule has 5 nitrogen and oxygen atoms in total. The van der Waals surface area contributed by atoms with Gasteiger partial charge in [-0.2, -0.15) is 0 Å². The van der Waals surface area contributed by atoms with Crippen LogP contribution in [0.3, 0.4) is 0 Å². The number of amides is 1. The molecule has 2 fully saturated rings. The average molecular weight is 346 g/mol. The van der Waals surface area contributed by atoms with E-state index in [2.05, 4.69) is 18.7 Å². The highest BCUT2D eigenvalue weighted by Crippen LogP contribution is 2.21. The van der Waals surface area contributed by atoms with Crippen LogP contribution in [0.15, 0.2) is 30.3 Å². The van der Waals surface area contributed by atoms with Gasteiger partial charge in [-0.15, -0.1) is 0 Å². The van der Waals surface area contributed by atoms with E-state index in [4.69, 9.17) is 9.47 Å². The van der Waals surface area contributed by atoms with Crippen LogP contribution in [0.25, 0.3) is 0 Å². The van der Waals surface area contributed by atoms with E-state index in [1.165, 1.54) is 0 Å². The first-order chi connectivity index (χ1) is 12.1. The Morgan fingerprint density at radius 2 is 1.92 bits per heavy atom. The summed E-state index contributed by atoms with van der Waals surface area (Å²) in [6, 6.07) is 10.3. The van der Waals surface area contributed by atoms with Crippen molar-refractivity contribution in [3.8, 4) is 0 Å². The molecule has 0 bridgehead atoms. The van der Waals surface area contributed by atoms with Gasteiger partial charge in [0.15, 0.2) is 0 Å². The minimum absolute atomic E-state index is 0.118. The molecule has 2 aliphatic rings. The molecule has 0 N–H and O–H groups in total. The number of carbonyl (C=O) groups is 1. The van der Waals surface area contributed by atoms with Crippen molar-refractivity contribution in [1.82, 2.24) is 9.80 Å². The standard InChI is InChI=1S/C20H30N2O3/c1-16-11-21(12-17(2)25-16)13-19-9-6-10-22(19)20(23)15-24-14-18-7-4-3-5-8-18/h3-5,7-8,16-17,19H,6,9-15H2,1-2H3/t16-,17-,19+/m1/s1. The summed E-state index contributed by atoms with van der Waals surface area (Å²) in [7, 11) is 0. The van der Waals surface area contributed by atoms with Gasteiger partial charge >= 0.3 is 0 Å². The number of ether oxygens (including phenoxy) is 2. The van der Waals surface area contributed by atoms with Crippen LogP contribution in [0.2, 0.25) is 0 Å². The first-order valence-corrected chi connectivity index (χ1v) is 9.41. The molecular weight excluding hydrogens is 316 g/mol. The first kappa shape index (κ1) is 18.4. The number of hydrogen-bond donors (Lipinski definition) is 0. The van der Waals surface area contributed by atoms with E-state index in [9.17, 15) is 4.79 Å². The van der Waals surface area contributed by atoms with Crippen LogP contribution < -0.4 is 0 Å². The molecule has 5 heteroatoms. The lowest BCUT2D eigenvalue weighted by Gasteiger charge is -2.38. The fourth-order valence-corrected chi connectivity index (χ4v) is 4.00. The van der Waals surface area contributed by atoms with Gasteiger partial charge in [-0.1, -0.05) is 30.3 Å². The largest absolute Gasteiger partial charge is 0.373 e. The zero-order chi connectivity index (χ0) is 17.6. The van der Waals surface area contributed by atoms with Gasteiger partial charge in [0, 0.05) is 32.2 Å². The summed E-state index contributed by atoms with van der Waals surface area (Å²) < 4.78 is 11.4. The molecule has 0 spiro atoms. The second-order valence-corrected chi connectivity index (χ2v) is 7.34. The third-order valence-corrected chi connectivity index (χ3v) is 5.00. The zero-order valence-electron chi connectivity index (χ0n) is 15.4. The van der Waals surface area contributed by atoms with Gasteiger partial charge in [0.2, 0.25) is 5.91 Å². The molecule has 0 saturated carbocycles. The zero-order valence-corrected chi connectivity index (χ0v) is 15.4. The first-order valence-electron chi connectivity index (χ1n) is 9.41. The molecule has 0 aromatic heterocycles. The molecule has 25 heavy (non-hydrogen) atoms. The van der Waals surface area contributed by atoms with Gasteiger partial charge in [0.05, 0.1) is 18.8 Å². The topological polar surface area (TPSA) is 42.0 Å². The maximum Gasteiger partial charge on any atom is 0.248 e. The van der Waals surface area contributed by atoms with Gasteiger partial charge in [-0.25, -0.2) is 0 Å². The Balaban J connectivity index is 1.46. The number of carbonyl (C=O) groups excluding carboxylic acids is 1. The highest BCUT2D eigenvalue weighted by Gasteiger charge is 2.32. The molecule has 3 rings (SSSR count). The third kappa shape index (κ3) is 5.27. The molecule has 1 amide bonds. The minimum atomic E-state index is 0.118. The number of likely N-dealkylation sites (tertiary alicyclic amines) is 1. The lowest BCUT2D eigenvalue weighted by Crippen LogP contribution is -2.51. The van der Waals surface area contributed by atoms with E-state index in [1.807, 2.05) is 35.2 Å². The number of morpholine rings is 1. The Morgan fingerprint density at radius 1 is 1.20 bits per heavy atom. The molecule has 2 heterocycles. The van der Waals surface area contributed by atoms with Crippen molar-refractivity contribution in [2.45, 2.75) is 51.5 Å². The summed E-state index contributed by atoms with van der Waals surface area (Å²) in [6.45, 7) is 8.61. The van der Waals surface area contributed by atoms with Gasteiger partial charge in [0.1, 0.15) is 6.61 Å². The average Bonchev–Trinajstić information content (AvgIpc) is 3.03. The van der Waals surface area contributed by atoms with Crippen molar-refractivity contribution >= 4 is 5.91 Å². The van der Waals surface area contributed by atoms with Crippen LogP contribution in [0.1, 0.15) is 32.3 Å². The fourth-order valence-electron chi connectivity index (χ4n) is 4.00. The SMILES string of the molecule is C[C@@H]1CN(C[C@@H]2CCCN2C(=O)COCc2ccccc2)C[C@@H](C)O1. The Hall–Kier alpha value is -1.43. The minimum Gasteiger partial charge on any atom is -0.373 e. The van der Waals surface area contributed by atoms with E-state index in [1.54, 1.807) is 0 Å². The summed E-state index contributed by atoms with van der Waals surface area (Å²) in [5.41, 5.74) is 1.10. The highest BCUT2D eigenvalue weighted by molar-refractivity contribution is 5.78. The van der Waals surface area contributed by atoms with Crippen molar-refractivity contribution in [2.75, 3.05) is 32.8 Å². The lowest BCUT2D eigenvalue weighted by atomic mass is 10.1. The predicted molar refractivity (Wildman–Crippen MR) is 97.3 cm³/mol. The maximum atomic E-state index is 12.6. The highest BCUT2D eigenvalue weighted by atomic mass is 16.5. The third-order valence-electron chi connectivity index (χ3n) is 5.00. The number of nitrogens with zero attached hydrogens (tertiary/aromatic N) is 2. The molecule has 1 aromatic rings. The Labute approximate surface area is 150 Å². The summed E-state index contributed by atoms with van der Waals surface area (Å²) in [6.07, 6.45) is 2.71. The fraction of sp³-hybridized carbons (Fsp3) is 0.650. The predicted octanol–water partition coefficient (Wildman–Crippen LogP) is 2.30. The van der Waals surface area contributed by atoms with Crippen molar-refractivity contribution in [1.29, 1.82) is 0 Å². The lowest BCUT2D eigenvalue weighted by molar-refractivity contribution is -0.138. The Morgan fingerprint density at radius 3 is 2.64 bits per heavy atom. The normalized spacial score (nSPS) is 27.6. The summed E-state index contributed by atoms with van der Waals surface area (Å²) in [5.74, 6) is 0.118. The van der Waals surface area contributed by atoms with Crippen LogP contribution in [0.4, 0.5) is 0 Å². The van der Waals surface area contributed by atoms with E-state index in [-0.39, 0.29) is 24.7 Å². The van der Waals surface area contributed by atoms with E-state index in [0.29, 0.717) is 12.6 Å². The van der Waals surface area contributed by atoms with Gasteiger partial charge in [0.25, 0.3) is 0 Å². The Kier molecular flexibility index (Phi) is 6.45. The monoisotopic (exact) mass is 346 g/mol. The van der Waals surface area contributed by atoms with Gasteiger partial charge in [-0.3, -0.25) is 9.69 Å². The number of benzene rings is 1. The smallest absolute Gasteiger partial charge is 0.248 e. The van der Waals surface area contributed by atoms with Crippen LogP contribution in [0.5, 0.6) is 0 Å². The van der Waals surface area contributed by atoms with Crippen molar-refractivity contribution in [3.63, 3.8) is 0 Å². The van der Waals surface area contributed by atoms with E-state index < -0.39 is 0 Å². The second-order valence-electron chi connectivity index (χ2n) is 7.34. The molecule has 2 saturated heterocycles. The summed E-state index contributed by atoms with van der Waals surface area (Å²) >= 11 is 0. The van der Waals surface area contributed by atoms with Crippen molar-refractivity contribution < 1.29 is 14.3 Å². The molecule has 0 radical (unpaired) electrons. The van der Waals surface area contributed by atoms with Gasteiger partial charge in [-0.05, 0) is 32.3 Å². The molecular formula is C20H30N2O3. The quantitative estimate of drug-likeness (QED) is 0.793. The Bertz CT molecular complexity index is 541. The van der Waals surface area contributed by atoms with Gasteiger partial charge < -0.3 is 14.4 Å². The molecule has 0 unspecified atom stereocenters. The van der Waals surface area contributed by atoms with E-state index in [0.717, 1.165) is 44.6 Å².